The molecule has 0 aliphatic rings. The van der Waals surface area contributed by atoms with E-state index in [0.29, 0.717) is 5.82 Å². The highest BCUT2D eigenvalue weighted by Gasteiger charge is 2.04. The van der Waals surface area contributed by atoms with E-state index in [2.05, 4.69) is 46.8 Å². The van der Waals surface area contributed by atoms with Crippen LogP contribution >= 0.6 is 31.9 Å². The Morgan fingerprint density at radius 2 is 1.67 bits per heavy atom. The third-order valence-electron chi connectivity index (χ3n) is 2.50. The predicted octanol–water partition coefficient (Wildman–Crippen LogP) is 4.22. The van der Waals surface area contributed by atoms with Crippen LogP contribution in [0.25, 0.3) is 22.4 Å². The fraction of sp³-hybridized carbons (Fsp3) is 0. The van der Waals surface area contributed by atoms with Gasteiger partial charge in [-0.15, -0.1) is 0 Å². The van der Waals surface area contributed by atoms with Gasteiger partial charge in [-0.3, -0.25) is 4.98 Å². The number of nitrogens with zero attached hydrogens (tertiary/aromatic N) is 3. The Labute approximate surface area is 121 Å². The van der Waals surface area contributed by atoms with Crippen LogP contribution in [0.4, 0.5) is 0 Å². The second kappa shape index (κ2) is 4.74. The van der Waals surface area contributed by atoms with Crippen molar-refractivity contribution >= 4 is 42.8 Å². The van der Waals surface area contributed by atoms with Crippen LogP contribution < -0.4 is 0 Å². The number of pyridine rings is 1. The lowest BCUT2D eigenvalue weighted by atomic mass is 10.2. The molecule has 0 saturated heterocycles. The molecule has 0 radical (unpaired) electrons. The number of rotatable bonds is 1. The summed E-state index contributed by atoms with van der Waals surface area (Å²) in [7, 11) is 0. The number of fused-ring (bicyclic) bond motifs is 1. The SMILES string of the molecule is Brc1ccc(-c2ncc3cc(Br)ccc3n2)nc1. The minimum absolute atomic E-state index is 0.636. The molecule has 0 aliphatic carbocycles. The summed E-state index contributed by atoms with van der Waals surface area (Å²) >= 11 is 6.79. The molecule has 0 amide bonds. The van der Waals surface area contributed by atoms with Gasteiger partial charge in [0.2, 0.25) is 0 Å². The molecule has 3 nitrogen and oxygen atoms in total. The van der Waals surface area contributed by atoms with Crippen LogP contribution in [0, 0.1) is 0 Å². The van der Waals surface area contributed by atoms with E-state index in [0.717, 1.165) is 25.5 Å². The van der Waals surface area contributed by atoms with E-state index in [-0.39, 0.29) is 0 Å². The molecule has 3 rings (SSSR count). The van der Waals surface area contributed by atoms with Crippen molar-refractivity contribution in [2.45, 2.75) is 0 Å². The molecule has 2 heterocycles. The molecule has 0 bridgehead atoms. The third-order valence-corrected chi connectivity index (χ3v) is 3.46. The van der Waals surface area contributed by atoms with Crippen molar-refractivity contribution in [3.05, 3.63) is 51.7 Å². The minimum atomic E-state index is 0.636. The normalized spacial score (nSPS) is 10.8. The van der Waals surface area contributed by atoms with Crippen LogP contribution in [-0.2, 0) is 0 Å². The van der Waals surface area contributed by atoms with Crippen LogP contribution in [0.1, 0.15) is 0 Å². The molecule has 0 unspecified atom stereocenters. The zero-order chi connectivity index (χ0) is 12.5. The Balaban J connectivity index is 2.13. The molecule has 88 valence electrons. The molecule has 0 aliphatic heterocycles. The minimum Gasteiger partial charge on any atom is -0.252 e. The summed E-state index contributed by atoms with van der Waals surface area (Å²) in [6, 6.07) is 9.74. The molecule has 2 aromatic heterocycles. The van der Waals surface area contributed by atoms with E-state index >= 15 is 0 Å². The number of halogens is 2. The van der Waals surface area contributed by atoms with Crippen molar-refractivity contribution in [1.82, 2.24) is 15.0 Å². The zero-order valence-electron chi connectivity index (χ0n) is 9.14. The van der Waals surface area contributed by atoms with Gasteiger partial charge < -0.3 is 0 Å². The van der Waals surface area contributed by atoms with Gasteiger partial charge in [0.15, 0.2) is 5.82 Å². The van der Waals surface area contributed by atoms with Gasteiger partial charge in [0.05, 0.1) is 5.52 Å². The van der Waals surface area contributed by atoms with Crippen LogP contribution in [0.3, 0.4) is 0 Å². The van der Waals surface area contributed by atoms with Gasteiger partial charge in [-0.1, -0.05) is 15.9 Å². The van der Waals surface area contributed by atoms with Crippen LogP contribution in [0.15, 0.2) is 51.7 Å². The molecule has 0 spiro atoms. The molecule has 18 heavy (non-hydrogen) atoms. The summed E-state index contributed by atoms with van der Waals surface area (Å²) < 4.78 is 1.96. The molecule has 5 heteroatoms. The van der Waals surface area contributed by atoms with E-state index in [9.17, 15) is 0 Å². The molecule has 1 aromatic carbocycles. The summed E-state index contributed by atoms with van der Waals surface area (Å²) in [4.78, 5) is 13.1. The molecule has 0 saturated carbocycles. The fourth-order valence-corrected chi connectivity index (χ4v) is 2.25. The Bertz CT molecular complexity index is 711. The maximum absolute atomic E-state index is 4.51. The summed E-state index contributed by atoms with van der Waals surface area (Å²) in [6.45, 7) is 0. The molecule has 3 aromatic rings. The second-order valence-corrected chi connectivity index (χ2v) is 5.59. The monoisotopic (exact) mass is 363 g/mol. The Morgan fingerprint density at radius 3 is 2.44 bits per heavy atom. The van der Waals surface area contributed by atoms with Crippen molar-refractivity contribution in [1.29, 1.82) is 0 Å². The van der Waals surface area contributed by atoms with Crippen LogP contribution in [0.2, 0.25) is 0 Å². The van der Waals surface area contributed by atoms with Crippen molar-refractivity contribution in [3.63, 3.8) is 0 Å². The van der Waals surface area contributed by atoms with Gasteiger partial charge in [0.25, 0.3) is 0 Å². The Morgan fingerprint density at radius 1 is 0.833 bits per heavy atom. The Kier molecular flexibility index (Phi) is 3.09. The maximum atomic E-state index is 4.51. The van der Waals surface area contributed by atoms with E-state index in [4.69, 9.17) is 0 Å². The lowest BCUT2D eigenvalue weighted by Crippen LogP contribution is -1.92. The second-order valence-electron chi connectivity index (χ2n) is 3.76. The highest BCUT2D eigenvalue weighted by atomic mass is 79.9. The van der Waals surface area contributed by atoms with Crippen LogP contribution in [0.5, 0.6) is 0 Å². The number of hydrogen-bond donors (Lipinski definition) is 0. The lowest BCUT2D eigenvalue weighted by Gasteiger charge is -2.02. The smallest absolute Gasteiger partial charge is 0.178 e. The van der Waals surface area contributed by atoms with E-state index in [1.54, 1.807) is 6.20 Å². The highest BCUT2D eigenvalue weighted by Crippen LogP contribution is 2.21. The van der Waals surface area contributed by atoms with E-state index in [1.165, 1.54) is 0 Å². The predicted molar refractivity (Wildman–Crippen MR) is 78.2 cm³/mol. The van der Waals surface area contributed by atoms with E-state index in [1.807, 2.05) is 36.5 Å². The lowest BCUT2D eigenvalue weighted by molar-refractivity contribution is 1.17. The first-order valence-corrected chi connectivity index (χ1v) is 6.85. The van der Waals surface area contributed by atoms with Gasteiger partial charge in [-0.25, -0.2) is 9.97 Å². The quantitative estimate of drug-likeness (QED) is 0.649. The van der Waals surface area contributed by atoms with Crippen molar-refractivity contribution in [2.24, 2.45) is 0 Å². The van der Waals surface area contributed by atoms with E-state index < -0.39 is 0 Å². The first-order valence-electron chi connectivity index (χ1n) is 5.26. The summed E-state index contributed by atoms with van der Waals surface area (Å²) in [5.74, 6) is 0.636. The zero-order valence-corrected chi connectivity index (χ0v) is 12.3. The molecular weight excluding hydrogens is 358 g/mol. The molecule has 0 atom stereocenters. The van der Waals surface area contributed by atoms with Crippen molar-refractivity contribution in [3.8, 4) is 11.5 Å². The average Bonchev–Trinajstić information content (AvgIpc) is 2.39. The highest BCUT2D eigenvalue weighted by molar-refractivity contribution is 9.10. The number of hydrogen-bond acceptors (Lipinski definition) is 3. The van der Waals surface area contributed by atoms with Gasteiger partial charge >= 0.3 is 0 Å². The molecular formula is C13H7Br2N3. The van der Waals surface area contributed by atoms with Gasteiger partial charge in [0, 0.05) is 26.7 Å². The van der Waals surface area contributed by atoms with Crippen LogP contribution in [-0.4, -0.2) is 15.0 Å². The topological polar surface area (TPSA) is 38.7 Å². The third kappa shape index (κ3) is 2.28. The van der Waals surface area contributed by atoms with Gasteiger partial charge in [0.1, 0.15) is 5.69 Å². The molecule has 0 N–H and O–H groups in total. The fourth-order valence-electron chi connectivity index (χ4n) is 1.64. The summed E-state index contributed by atoms with van der Waals surface area (Å²) in [5.41, 5.74) is 1.68. The average molecular weight is 365 g/mol. The van der Waals surface area contributed by atoms with Gasteiger partial charge in [-0.05, 0) is 46.3 Å². The first-order chi connectivity index (χ1) is 8.72. The number of benzene rings is 1. The maximum Gasteiger partial charge on any atom is 0.178 e. The largest absolute Gasteiger partial charge is 0.252 e. The summed E-state index contributed by atoms with van der Waals surface area (Å²) in [6.07, 6.45) is 3.55. The standard InChI is InChI=1S/C13H7Br2N3/c14-9-1-3-11-8(5-9)6-17-13(18-11)12-4-2-10(15)7-16-12/h1-7H. The summed E-state index contributed by atoms with van der Waals surface area (Å²) in [5, 5.41) is 1.00. The molecule has 0 fully saturated rings. The Hall–Kier alpha value is -1.33. The number of aromatic nitrogens is 3. The van der Waals surface area contributed by atoms with Crippen molar-refractivity contribution in [2.75, 3.05) is 0 Å². The first kappa shape index (κ1) is 11.7. The van der Waals surface area contributed by atoms with Crippen molar-refractivity contribution < 1.29 is 0 Å². The van der Waals surface area contributed by atoms with Gasteiger partial charge in [-0.2, -0.15) is 0 Å².